The Balaban J connectivity index is 0.000000271. The lowest BCUT2D eigenvalue weighted by Crippen LogP contribution is -2.04. The number of hydrogen-bond acceptors (Lipinski definition) is 5. The molecule has 0 saturated heterocycles. The molecular formula is C26H24BrCl3O6. The van der Waals surface area contributed by atoms with Gasteiger partial charge in [0.1, 0.15) is 0 Å². The summed E-state index contributed by atoms with van der Waals surface area (Å²) < 4.78 is 9.19. The number of carboxylic acids is 1. The summed E-state index contributed by atoms with van der Waals surface area (Å²) in [4.78, 5) is 32.9. The number of aryl methyl sites for hydroxylation is 2. The summed E-state index contributed by atoms with van der Waals surface area (Å²) in [5.74, 6) is -1.66. The maximum Gasteiger partial charge on any atom is 0.338 e. The fourth-order valence-electron chi connectivity index (χ4n) is 2.71. The number of benzene rings is 3. The number of aromatic carboxylic acids is 1. The Morgan fingerprint density at radius 1 is 0.722 bits per heavy atom. The van der Waals surface area contributed by atoms with E-state index in [2.05, 4.69) is 25.4 Å². The molecule has 6 nitrogen and oxygen atoms in total. The van der Waals surface area contributed by atoms with Crippen LogP contribution < -0.4 is 0 Å². The third kappa shape index (κ3) is 9.82. The van der Waals surface area contributed by atoms with Gasteiger partial charge in [-0.1, -0.05) is 68.9 Å². The molecule has 192 valence electrons. The molecule has 0 aliphatic rings. The van der Waals surface area contributed by atoms with E-state index in [1.807, 2.05) is 6.92 Å². The van der Waals surface area contributed by atoms with Crippen LogP contribution in [0.3, 0.4) is 0 Å². The van der Waals surface area contributed by atoms with Gasteiger partial charge < -0.3 is 14.6 Å². The molecule has 0 unspecified atom stereocenters. The fourth-order valence-corrected chi connectivity index (χ4v) is 3.72. The van der Waals surface area contributed by atoms with Gasteiger partial charge in [-0.05, 0) is 66.9 Å². The molecule has 1 N–H and O–H groups in total. The van der Waals surface area contributed by atoms with Crippen molar-refractivity contribution in [3.05, 3.63) is 103 Å². The second-order valence-corrected chi connectivity index (χ2v) is 9.01. The topological polar surface area (TPSA) is 89.9 Å². The van der Waals surface area contributed by atoms with E-state index in [0.717, 1.165) is 16.7 Å². The first-order valence-electron chi connectivity index (χ1n) is 10.2. The van der Waals surface area contributed by atoms with Crippen LogP contribution in [0.2, 0.25) is 15.1 Å². The van der Waals surface area contributed by atoms with Crippen molar-refractivity contribution in [3.8, 4) is 0 Å². The molecule has 0 aliphatic heterocycles. The quantitative estimate of drug-likeness (QED) is 0.237. The number of halogens is 4. The lowest BCUT2D eigenvalue weighted by molar-refractivity contribution is 0.0591. The third-order valence-corrected chi connectivity index (χ3v) is 5.97. The van der Waals surface area contributed by atoms with E-state index in [0.29, 0.717) is 31.5 Å². The summed E-state index contributed by atoms with van der Waals surface area (Å²) in [5, 5.41) is 10.8. The predicted octanol–water partition coefficient (Wildman–Crippen LogP) is 7.80. The van der Waals surface area contributed by atoms with E-state index < -0.39 is 5.97 Å². The highest BCUT2D eigenvalue weighted by Crippen LogP contribution is 2.19. The SMILES string of the molecule is COC(=O)c1cc(Cl)ccc1C.COC(=O)c1cc(Cl)ccc1CBr.Cc1ccc(Cl)cc1C(=O)O. The van der Waals surface area contributed by atoms with E-state index in [1.165, 1.54) is 20.3 Å². The van der Waals surface area contributed by atoms with Crippen LogP contribution in [-0.2, 0) is 14.8 Å². The lowest BCUT2D eigenvalue weighted by Gasteiger charge is -2.04. The molecule has 0 heterocycles. The van der Waals surface area contributed by atoms with E-state index in [4.69, 9.17) is 39.9 Å². The molecule has 3 rings (SSSR count). The average Bonchev–Trinajstić information content (AvgIpc) is 2.86. The molecule has 0 spiro atoms. The van der Waals surface area contributed by atoms with Crippen LogP contribution in [0.4, 0.5) is 0 Å². The van der Waals surface area contributed by atoms with Gasteiger partial charge >= 0.3 is 17.9 Å². The molecule has 3 aromatic rings. The first-order chi connectivity index (χ1) is 16.9. The van der Waals surface area contributed by atoms with Crippen LogP contribution in [0.5, 0.6) is 0 Å². The minimum Gasteiger partial charge on any atom is -0.478 e. The molecule has 0 aliphatic carbocycles. The van der Waals surface area contributed by atoms with Crippen molar-refractivity contribution in [2.45, 2.75) is 19.2 Å². The molecule has 0 amide bonds. The van der Waals surface area contributed by atoms with Crippen LogP contribution in [0.1, 0.15) is 47.8 Å². The predicted molar refractivity (Wildman–Crippen MR) is 146 cm³/mol. The zero-order valence-corrected chi connectivity index (χ0v) is 23.8. The Kier molecular flexibility index (Phi) is 13.6. The molecule has 0 atom stereocenters. The number of esters is 2. The third-order valence-electron chi connectivity index (χ3n) is 4.66. The van der Waals surface area contributed by atoms with Crippen molar-refractivity contribution in [2.75, 3.05) is 14.2 Å². The summed E-state index contributed by atoms with van der Waals surface area (Å²) in [6.07, 6.45) is 0. The lowest BCUT2D eigenvalue weighted by atomic mass is 10.1. The van der Waals surface area contributed by atoms with Gasteiger partial charge in [0.15, 0.2) is 0 Å². The highest BCUT2D eigenvalue weighted by atomic mass is 79.9. The van der Waals surface area contributed by atoms with Gasteiger partial charge in [0.2, 0.25) is 0 Å². The standard InChI is InChI=1S/C9H8BrClO2.C9H9ClO2.C8H7ClO2/c1-13-9(12)8-4-7(11)3-2-6(8)5-10;1-6-3-4-7(10)5-8(6)9(11)12-2;1-5-2-3-6(9)4-7(5)8(10)11/h2-4H,5H2,1H3;3-5H,1-2H3;2-4H,1H3,(H,10,11). The highest BCUT2D eigenvalue weighted by Gasteiger charge is 2.11. The number of methoxy groups -OCH3 is 2. The van der Waals surface area contributed by atoms with Crippen LogP contribution in [0.15, 0.2) is 54.6 Å². The van der Waals surface area contributed by atoms with Crippen molar-refractivity contribution >= 4 is 68.6 Å². The Morgan fingerprint density at radius 3 is 1.53 bits per heavy atom. The zero-order chi connectivity index (χ0) is 27.4. The van der Waals surface area contributed by atoms with E-state index in [9.17, 15) is 14.4 Å². The molecule has 0 saturated carbocycles. The molecule has 36 heavy (non-hydrogen) atoms. The molecule has 0 aromatic heterocycles. The van der Waals surface area contributed by atoms with Crippen LogP contribution in [0, 0.1) is 13.8 Å². The second kappa shape index (κ2) is 15.5. The summed E-state index contributed by atoms with van der Waals surface area (Å²) in [6.45, 7) is 3.57. The molecule has 10 heteroatoms. The zero-order valence-electron chi connectivity index (χ0n) is 19.9. The average molecular weight is 619 g/mol. The van der Waals surface area contributed by atoms with Gasteiger partial charge in [-0.3, -0.25) is 0 Å². The van der Waals surface area contributed by atoms with Crippen LogP contribution in [0.25, 0.3) is 0 Å². The van der Waals surface area contributed by atoms with E-state index in [1.54, 1.807) is 55.5 Å². The number of alkyl halides is 1. The summed E-state index contributed by atoms with van der Waals surface area (Å²) in [7, 11) is 2.70. The van der Waals surface area contributed by atoms with Gasteiger partial charge in [-0.25, -0.2) is 14.4 Å². The Hall–Kier alpha value is -2.58. The first kappa shape index (κ1) is 31.4. The molecule has 0 bridgehead atoms. The molecule has 3 aromatic carbocycles. The normalized spacial score (nSPS) is 9.67. The summed E-state index contributed by atoms with van der Waals surface area (Å²) >= 11 is 20.3. The van der Waals surface area contributed by atoms with Crippen LogP contribution >= 0.6 is 50.7 Å². The Labute approximate surface area is 233 Å². The van der Waals surface area contributed by atoms with Crippen molar-refractivity contribution in [1.29, 1.82) is 0 Å². The Morgan fingerprint density at radius 2 is 1.11 bits per heavy atom. The number of ether oxygens (including phenoxy) is 2. The summed E-state index contributed by atoms with van der Waals surface area (Å²) in [5.41, 5.74) is 3.75. The first-order valence-corrected chi connectivity index (χ1v) is 12.5. The Bertz CT molecular complexity index is 1230. The van der Waals surface area contributed by atoms with E-state index in [-0.39, 0.29) is 17.5 Å². The van der Waals surface area contributed by atoms with Crippen molar-refractivity contribution in [2.24, 2.45) is 0 Å². The van der Waals surface area contributed by atoms with Gasteiger partial charge in [0.25, 0.3) is 0 Å². The van der Waals surface area contributed by atoms with E-state index >= 15 is 0 Å². The maximum absolute atomic E-state index is 11.2. The van der Waals surface area contributed by atoms with Gasteiger partial charge in [-0.2, -0.15) is 0 Å². The van der Waals surface area contributed by atoms with Crippen LogP contribution in [-0.4, -0.2) is 37.2 Å². The van der Waals surface area contributed by atoms with Crippen molar-refractivity contribution < 1.29 is 29.0 Å². The van der Waals surface area contributed by atoms with Gasteiger partial charge in [-0.15, -0.1) is 0 Å². The molecular weight excluding hydrogens is 595 g/mol. The van der Waals surface area contributed by atoms with Crippen molar-refractivity contribution in [3.63, 3.8) is 0 Å². The monoisotopic (exact) mass is 616 g/mol. The van der Waals surface area contributed by atoms with Crippen molar-refractivity contribution in [1.82, 2.24) is 0 Å². The fraction of sp³-hybridized carbons (Fsp3) is 0.192. The molecule has 0 fully saturated rings. The van der Waals surface area contributed by atoms with Gasteiger partial charge in [0.05, 0.1) is 30.9 Å². The summed E-state index contributed by atoms with van der Waals surface area (Å²) in [6, 6.07) is 15.1. The number of carboxylic acid groups (broad SMARTS) is 1. The number of carbonyl (C=O) groups excluding carboxylic acids is 2. The number of rotatable bonds is 4. The smallest absolute Gasteiger partial charge is 0.338 e. The minimum absolute atomic E-state index is 0.262. The number of hydrogen-bond donors (Lipinski definition) is 1. The number of carbonyl (C=O) groups is 3. The molecule has 0 radical (unpaired) electrons. The highest BCUT2D eigenvalue weighted by molar-refractivity contribution is 9.08. The second-order valence-electron chi connectivity index (χ2n) is 7.14. The minimum atomic E-state index is -0.940. The maximum atomic E-state index is 11.2. The largest absolute Gasteiger partial charge is 0.478 e. The van der Waals surface area contributed by atoms with Gasteiger partial charge in [0, 0.05) is 20.4 Å².